The number of hydrogen-bond acceptors (Lipinski definition) is 4. The van der Waals surface area contributed by atoms with Crippen LogP contribution in [0.25, 0.3) is 0 Å². The van der Waals surface area contributed by atoms with E-state index in [0.29, 0.717) is 23.3 Å². The molecule has 0 bridgehead atoms. The zero-order valence-electron chi connectivity index (χ0n) is 19.4. The van der Waals surface area contributed by atoms with Gasteiger partial charge in [0.25, 0.3) is 5.91 Å². The minimum atomic E-state index is -0.377. The van der Waals surface area contributed by atoms with Crippen LogP contribution >= 0.6 is 0 Å². The van der Waals surface area contributed by atoms with E-state index < -0.39 is 0 Å². The zero-order valence-corrected chi connectivity index (χ0v) is 19.4. The lowest BCUT2D eigenvalue weighted by Crippen LogP contribution is -2.37. The number of ether oxygens (including phenoxy) is 2. The van der Waals surface area contributed by atoms with Gasteiger partial charge >= 0.3 is 5.97 Å². The minimum Gasteiger partial charge on any atom is -0.497 e. The Bertz CT molecular complexity index is 968. The number of amides is 1. The molecule has 4 rings (SSSR count). The molecule has 4 atom stereocenters. The minimum absolute atomic E-state index is 0.0481. The van der Waals surface area contributed by atoms with E-state index in [0.717, 1.165) is 29.8 Å². The van der Waals surface area contributed by atoms with E-state index in [9.17, 15) is 9.59 Å². The molecule has 170 valence electrons. The molecule has 0 aromatic heterocycles. The third-order valence-electron chi connectivity index (χ3n) is 7.04. The van der Waals surface area contributed by atoms with Crippen LogP contribution in [-0.4, -0.2) is 25.1 Å². The first-order valence-electron chi connectivity index (χ1n) is 11.6. The molecule has 1 aliphatic heterocycles. The number of rotatable bonds is 6. The van der Waals surface area contributed by atoms with Gasteiger partial charge in [0.2, 0.25) is 0 Å². The number of fused-ring (bicyclic) bond motifs is 1. The van der Waals surface area contributed by atoms with Crippen molar-refractivity contribution in [3.05, 3.63) is 59.7 Å². The molecule has 1 heterocycles. The standard InChI is InChI=1S/C27H33NO4/c1-17(2)21-14-9-18(3)15-25(21)32-26(29)16-24-22-7-5-6-8-23(22)27(30)28(24)19-10-12-20(31-4)13-11-19/h5-8,10-13,17-18,21,24-25H,9,14-16H2,1-4H3. The summed E-state index contributed by atoms with van der Waals surface area (Å²) in [6.07, 6.45) is 3.29. The Morgan fingerprint density at radius 2 is 1.81 bits per heavy atom. The smallest absolute Gasteiger partial charge is 0.308 e. The maximum absolute atomic E-state index is 13.3. The number of carbonyl (C=O) groups excluding carboxylic acids is 2. The van der Waals surface area contributed by atoms with Crippen molar-refractivity contribution in [2.24, 2.45) is 17.8 Å². The van der Waals surface area contributed by atoms with E-state index in [2.05, 4.69) is 20.8 Å². The van der Waals surface area contributed by atoms with Gasteiger partial charge < -0.3 is 14.4 Å². The van der Waals surface area contributed by atoms with E-state index in [1.54, 1.807) is 12.0 Å². The van der Waals surface area contributed by atoms with E-state index in [-0.39, 0.29) is 30.4 Å². The van der Waals surface area contributed by atoms with Gasteiger partial charge in [-0.3, -0.25) is 9.59 Å². The number of benzene rings is 2. The summed E-state index contributed by atoms with van der Waals surface area (Å²) in [4.78, 5) is 28.1. The van der Waals surface area contributed by atoms with Gasteiger partial charge in [0.1, 0.15) is 11.9 Å². The monoisotopic (exact) mass is 435 g/mol. The highest BCUT2D eigenvalue weighted by Crippen LogP contribution is 2.41. The molecule has 32 heavy (non-hydrogen) atoms. The number of carbonyl (C=O) groups is 2. The molecule has 0 spiro atoms. The molecule has 0 radical (unpaired) electrons. The molecule has 2 aromatic carbocycles. The first kappa shape index (κ1) is 22.4. The lowest BCUT2D eigenvalue weighted by molar-refractivity contribution is -0.156. The Kier molecular flexibility index (Phi) is 6.54. The van der Waals surface area contributed by atoms with Crippen LogP contribution in [0.15, 0.2) is 48.5 Å². The first-order valence-corrected chi connectivity index (χ1v) is 11.6. The fraction of sp³-hybridized carbons (Fsp3) is 0.481. The van der Waals surface area contributed by atoms with Crippen molar-refractivity contribution < 1.29 is 19.1 Å². The van der Waals surface area contributed by atoms with Gasteiger partial charge in [-0.05, 0) is 66.5 Å². The second-order valence-corrected chi connectivity index (χ2v) is 9.53. The van der Waals surface area contributed by atoms with Crippen LogP contribution in [0.2, 0.25) is 0 Å². The Morgan fingerprint density at radius 1 is 1.09 bits per heavy atom. The first-order chi connectivity index (χ1) is 15.4. The molecule has 2 aromatic rings. The van der Waals surface area contributed by atoms with Gasteiger partial charge in [-0.2, -0.15) is 0 Å². The molecule has 5 heteroatoms. The molecule has 1 aliphatic carbocycles. The number of hydrogen-bond donors (Lipinski definition) is 0. The summed E-state index contributed by atoms with van der Waals surface area (Å²) < 4.78 is 11.3. The SMILES string of the molecule is COc1ccc(N2C(=O)c3ccccc3C2CC(=O)OC2CC(C)CCC2C(C)C)cc1. The molecule has 4 unspecified atom stereocenters. The van der Waals surface area contributed by atoms with Gasteiger partial charge in [0.05, 0.1) is 19.6 Å². The molecule has 2 aliphatic rings. The highest BCUT2D eigenvalue weighted by Gasteiger charge is 2.40. The highest BCUT2D eigenvalue weighted by molar-refractivity contribution is 6.11. The Balaban J connectivity index is 1.57. The van der Waals surface area contributed by atoms with Crippen molar-refractivity contribution in [2.45, 2.75) is 58.6 Å². The number of anilines is 1. The fourth-order valence-corrected chi connectivity index (χ4v) is 5.26. The van der Waals surface area contributed by atoms with Gasteiger partial charge in [0, 0.05) is 11.3 Å². The Morgan fingerprint density at radius 3 is 2.50 bits per heavy atom. The summed E-state index contributed by atoms with van der Waals surface area (Å²) in [6.45, 7) is 6.65. The Labute approximate surface area is 190 Å². The summed E-state index contributed by atoms with van der Waals surface area (Å²) in [5.74, 6) is 1.83. The Hall–Kier alpha value is -2.82. The summed E-state index contributed by atoms with van der Waals surface area (Å²) in [6, 6.07) is 14.6. The van der Waals surface area contributed by atoms with Crippen LogP contribution in [-0.2, 0) is 9.53 Å². The number of esters is 1. The summed E-state index contributed by atoms with van der Waals surface area (Å²) >= 11 is 0. The van der Waals surface area contributed by atoms with E-state index >= 15 is 0 Å². The molecular weight excluding hydrogens is 402 g/mol. The van der Waals surface area contributed by atoms with Crippen molar-refractivity contribution >= 4 is 17.6 Å². The molecule has 1 fully saturated rings. The maximum Gasteiger partial charge on any atom is 0.308 e. The lowest BCUT2D eigenvalue weighted by atomic mass is 9.75. The van der Waals surface area contributed by atoms with Crippen LogP contribution in [0.3, 0.4) is 0 Å². The molecule has 0 saturated heterocycles. The van der Waals surface area contributed by atoms with Gasteiger partial charge in [-0.15, -0.1) is 0 Å². The second kappa shape index (κ2) is 9.35. The normalized spacial score (nSPS) is 25.0. The molecule has 0 N–H and O–H groups in total. The van der Waals surface area contributed by atoms with E-state index in [1.807, 2.05) is 48.5 Å². The molecule has 1 saturated carbocycles. The van der Waals surface area contributed by atoms with E-state index in [4.69, 9.17) is 9.47 Å². The number of nitrogens with zero attached hydrogens (tertiary/aromatic N) is 1. The van der Waals surface area contributed by atoms with Crippen LogP contribution in [0.4, 0.5) is 5.69 Å². The fourth-order valence-electron chi connectivity index (χ4n) is 5.26. The molecule has 1 amide bonds. The lowest BCUT2D eigenvalue weighted by Gasteiger charge is -2.37. The van der Waals surface area contributed by atoms with Crippen LogP contribution < -0.4 is 9.64 Å². The summed E-state index contributed by atoms with van der Waals surface area (Å²) in [5, 5.41) is 0. The number of methoxy groups -OCH3 is 1. The second-order valence-electron chi connectivity index (χ2n) is 9.53. The van der Waals surface area contributed by atoms with Crippen LogP contribution in [0, 0.1) is 17.8 Å². The predicted octanol–water partition coefficient (Wildman–Crippen LogP) is 5.79. The zero-order chi connectivity index (χ0) is 22.8. The summed E-state index contributed by atoms with van der Waals surface area (Å²) in [5.41, 5.74) is 2.27. The van der Waals surface area contributed by atoms with Crippen LogP contribution in [0.1, 0.15) is 68.4 Å². The van der Waals surface area contributed by atoms with Crippen molar-refractivity contribution in [2.75, 3.05) is 12.0 Å². The van der Waals surface area contributed by atoms with Gasteiger partial charge in [0.15, 0.2) is 0 Å². The third kappa shape index (κ3) is 4.38. The quantitative estimate of drug-likeness (QED) is 0.539. The predicted molar refractivity (Wildman–Crippen MR) is 125 cm³/mol. The third-order valence-corrected chi connectivity index (χ3v) is 7.04. The van der Waals surface area contributed by atoms with Crippen LogP contribution in [0.5, 0.6) is 5.75 Å². The van der Waals surface area contributed by atoms with Gasteiger partial charge in [-0.1, -0.05) is 45.4 Å². The molecule has 5 nitrogen and oxygen atoms in total. The van der Waals surface area contributed by atoms with E-state index in [1.165, 1.54) is 6.42 Å². The average Bonchev–Trinajstić information content (AvgIpc) is 3.05. The van der Waals surface area contributed by atoms with Crippen molar-refractivity contribution in [3.8, 4) is 5.75 Å². The largest absolute Gasteiger partial charge is 0.497 e. The van der Waals surface area contributed by atoms with Gasteiger partial charge in [-0.25, -0.2) is 0 Å². The topological polar surface area (TPSA) is 55.8 Å². The highest BCUT2D eigenvalue weighted by atomic mass is 16.5. The molecular formula is C27H33NO4. The van der Waals surface area contributed by atoms with Crippen molar-refractivity contribution in [1.82, 2.24) is 0 Å². The maximum atomic E-state index is 13.3. The summed E-state index contributed by atoms with van der Waals surface area (Å²) in [7, 11) is 1.61. The average molecular weight is 436 g/mol. The van der Waals surface area contributed by atoms with Crippen molar-refractivity contribution in [3.63, 3.8) is 0 Å². The van der Waals surface area contributed by atoms with Crippen molar-refractivity contribution in [1.29, 1.82) is 0 Å².